The number of hydrogen-bond acceptors (Lipinski definition) is 4. The number of pyridine rings is 1. The van der Waals surface area contributed by atoms with Gasteiger partial charge in [0.25, 0.3) is 5.91 Å². The average Bonchev–Trinajstić information content (AvgIpc) is 3.17. The van der Waals surface area contributed by atoms with E-state index in [4.69, 9.17) is 0 Å². The Morgan fingerprint density at radius 2 is 1.86 bits per heavy atom. The molecule has 6 nitrogen and oxygen atoms in total. The first-order valence-corrected chi connectivity index (χ1v) is 9.61. The van der Waals surface area contributed by atoms with Crippen molar-refractivity contribution in [3.8, 4) is 5.82 Å². The maximum Gasteiger partial charge on any atom is 0.435 e. The first kappa shape index (κ1) is 19.7. The molecule has 1 aromatic carbocycles. The molecule has 0 radical (unpaired) electrons. The van der Waals surface area contributed by atoms with Gasteiger partial charge in [0, 0.05) is 34.7 Å². The molecule has 0 fully saturated rings. The second-order valence-electron chi connectivity index (χ2n) is 5.81. The SMILES string of the molecule is CS(=O)c1ccc(CNC(=O)c2cccc(-n3ccc(C(F)(F)F)n3)n2)cc1. The lowest BCUT2D eigenvalue weighted by molar-refractivity contribution is -0.141. The van der Waals surface area contributed by atoms with Crippen LogP contribution in [0.5, 0.6) is 0 Å². The summed E-state index contributed by atoms with van der Waals surface area (Å²) in [4.78, 5) is 17.1. The van der Waals surface area contributed by atoms with Crippen molar-refractivity contribution in [3.63, 3.8) is 0 Å². The maximum absolute atomic E-state index is 12.7. The van der Waals surface area contributed by atoms with Crippen LogP contribution in [-0.4, -0.2) is 31.1 Å². The molecular formula is C18H15F3N4O2S. The summed E-state index contributed by atoms with van der Waals surface area (Å²) >= 11 is 0. The van der Waals surface area contributed by atoms with Gasteiger partial charge in [0.05, 0.1) is 0 Å². The minimum Gasteiger partial charge on any atom is -0.347 e. The molecule has 10 heteroatoms. The molecule has 1 amide bonds. The van der Waals surface area contributed by atoms with Crippen LogP contribution < -0.4 is 5.32 Å². The average molecular weight is 408 g/mol. The molecular weight excluding hydrogens is 393 g/mol. The van der Waals surface area contributed by atoms with Crippen LogP contribution in [0.15, 0.2) is 59.6 Å². The molecule has 1 atom stereocenters. The topological polar surface area (TPSA) is 76.9 Å². The van der Waals surface area contributed by atoms with E-state index in [-0.39, 0.29) is 18.1 Å². The van der Waals surface area contributed by atoms with Crippen LogP contribution >= 0.6 is 0 Å². The van der Waals surface area contributed by atoms with Gasteiger partial charge in [0.15, 0.2) is 11.5 Å². The maximum atomic E-state index is 12.7. The Morgan fingerprint density at radius 1 is 1.14 bits per heavy atom. The van der Waals surface area contributed by atoms with Crippen molar-refractivity contribution in [2.45, 2.75) is 17.6 Å². The van der Waals surface area contributed by atoms with Gasteiger partial charge in [-0.2, -0.15) is 18.3 Å². The number of halogens is 3. The monoisotopic (exact) mass is 408 g/mol. The van der Waals surface area contributed by atoms with Gasteiger partial charge in [-0.15, -0.1) is 0 Å². The number of hydrogen-bond donors (Lipinski definition) is 1. The van der Waals surface area contributed by atoms with Crippen LogP contribution in [0, 0.1) is 0 Å². The fourth-order valence-corrected chi connectivity index (χ4v) is 2.87. The molecule has 3 rings (SSSR count). The minimum atomic E-state index is -4.56. The van der Waals surface area contributed by atoms with E-state index in [1.807, 2.05) is 0 Å². The van der Waals surface area contributed by atoms with E-state index in [1.54, 1.807) is 30.5 Å². The van der Waals surface area contributed by atoms with Gasteiger partial charge in [-0.3, -0.25) is 9.00 Å². The van der Waals surface area contributed by atoms with E-state index in [0.717, 1.165) is 22.5 Å². The van der Waals surface area contributed by atoms with E-state index in [2.05, 4.69) is 15.4 Å². The molecule has 146 valence electrons. The van der Waals surface area contributed by atoms with Crippen LogP contribution in [0.4, 0.5) is 13.2 Å². The Kier molecular flexibility index (Phi) is 5.59. The summed E-state index contributed by atoms with van der Waals surface area (Å²) in [6.07, 6.45) is -1.85. The Morgan fingerprint density at radius 3 is 2.46 bits per heavy atom. The number of alkyl halides is 3. The third-order valence-corrected chi connectivity index (χ3v) is 4.73. The van der Waals surface area contributed by atoms with Gasteiger partial charge < -0.3 is 5.32 Å². The molecule has 28 heavy (non-hydrogen) atoms. The second kappa shape index (κ2) is 7.93. The zero-order valence-electron chi connectivity index (χ0n) is 14.6. The highest BCUT2D eigenvalue weighted by Gasteiger charge is 2.33. The predicted octanol–water partition coefficient (Wildman–Crippen LogP) is 2.95. The highest BCUT2D eigenvalue weighted by molar-refractivity contribution is 7.84. The zero-order valence-corrected chi connectivity index (χ0v) is 15.4. The molecule has 0 aliphatic rings. The number of amides is 1. The second-order valence-corrected chi connectivity index (χ2v) is 7.18. The zero-order chi connectivity index (χ0) is 20.3. The number of rotatable bonds is 5. The van der Waals surface area contributed by atoms with Crippen molar-refractivity contribution in [2.75, 3.05) is 6.26 Å². The van der Waals surface area contributed by atoms with Crippen molar-refractivity contribution in [1.82, 2.24) is 20.1 Å². The largest absolute Gasteiger partial charge is 0.435 e. The van der Waals surface area contributed by atoms with E-state index < -0.39 is 28.6 Å². The van der Waals surface area contributed by atoms with E-state index in [0.29, 0.717) is 4.90 Å². The molecule has 2 aromatic heterocycles. The lowest BCUT2D eigenvalue weighted by Gasteiger charge is -2.07. The summed E-state index contributed by atoms with van der Waals surface area (Å²) in [6, 6.07) is 12.2. The lowest BCUT2D eigenvalue weighted by atomic mass is 10.2. The summed E-state index contributed by atoms with van der Waals surface area (Å²) in [7, 11) is -1.08. The number of carbonyl (C=O) groups is 1. The van der Waals surface area contributed by atoms with Crippen LogP contribution in [0.3, 0.4) is 0 Å². The molecule has 0 spiro atoms. The van der Waals surface area contributed by atoms with Gasteiger partial charge >= 0.3 is 6.18 Å². The fraction of sp³-hybridized carbons (Fsp3) is 0.167. The van der Waals surface area contributed by atoms with Crippen molar-refractivity contribution in [1.29, 1.82) is 0 Å². The normalized spacial score (nSPS) is 12.6. The van der Waals surface area contributed by atoms with E-state index in [9.17, 15) is 22.2 Å². The van der Waals surface area contributed by atoms with Crippen LogP contribution in [0.25, 0.3) is 5.82 Å². The van der Waals surface area contributed by atoms with Crippen molar-refractivity contribution in [2.24, 2.45) is 0 Å². The number of nitrogens with one attached hydrogen (secondary N) is 1. The summed E-state index contributed by atoms with van der Waals surface area (Å²) < 4.78 is 50.4. The van der Waals surface area contributed by atoms with Crippen molar-refractivity contribution >= 4 is 16.7 Å². The Bertz CT molecular complexity index is 1020. The van der Waals surface area contributed by atoms with E-state index in [1.165, 1.54) is 18.2 Å². The Balaban J connectivity index is 1.70. The van der Waals surface area contributed by atoms with E-state index >= 15 is 0 Å². The van der Waals surface area contributed by atoms with Crippen molar-refractivity contribution < 1.29 is 22.2 Å². The molecule has 2 heterocycles. The van der Waals surface area contributed by atoms with Gasteiger partial charge in [-0.05, 0) is 35.9 Å². The highest BCUT2D eigenvalue weighted by Crippen LogP contribution is 2.27. The molecule has 0 saturated carbocycles. The first-order chi connectivity index (χ1) is 13.2. The lowest BCUT2D eigenvalue weighted by Crippen LogP contribution is -2.24. The summed E-state index contributed by atoms with van der Waals surface area (Å²) in [5.74, 6) is -0.383. The van der Waals surface area contributed by atoms with Crippen LogP contribution in [-0.2, 0) is 23.5 Å². The summed E-state index contributed by atoms with van der Waals surface area (Å²) in [5.41, 5.74) is -0.186. The number of carbonyl (C=O) groups excluding carboxylic acids is 1. The third kappa shape index (κ3) is 4.63. The predicted molar refractivity (Wildman–Crippen MR) is 96.3 cm³/mol. The highest BCUT2D eigenvalue weighted by atomic mass is 32.2. The van der Waals surface area contributed by atoms with Crippen LogP contribution in [0.2, 0.25) is 0 Å². The number of nitrogens with zero attached hydrogens (tertiary/aromatic N) is 3. The first-order valence-electron chi connectivity index (χ1n) is 8.05. The van der Waals surface area contributed by atoms with Gasteiger partial charge in [-0.1, -0.05) is 18.2 Å². The summed E-state index contributed by atoms with van der Waals surface area (Å²) in [6.45, 7) is 0.224. The standard InChI is InChI=1S/C18H15F3N4O2S/c1-28(27)13-7-5-12(6-8-13)11-22-17(26)14-3-2-4-16(23-14)25-10-9-15(24-25)18(19,20)21/h2-10H,11H2,1H3,(H,22,26). The van der Waals surface area contributed by atoms with Crippen LogP contribution in [0.1, 0.15) is 21.7 Å². The molecule has 3 aromatic rings. The van der Waals surface area contributed by atoms with Gasteiger partial charge in [-0.25, -0.2) is 9.67 Å². The smallest absolute Gasteiger partial charge is 0.347 e. The summed E-state index contributed by atoms with van der Waals surface area (Å²) in [5, 5.41) is 6.13. The number of benzene rings is 1. The Labute approximate surface area is 160 Å². The van der Waals surface area contributed by atoms with Gasteiger partial charge in [0.1, 0.15) is 5.69 Å². The van der Waals surface area contributed by atoms with Gasteiger partial charge in [0.2, 0.25) is 0 Å². The fourth-order valence-electron chi connectivity index (χ4n) is 2.35. The molecule has 1 unspecified atom stereocenters. The molecule has 0 aliphatic heterocycles. The quantitative estimate of drug-likeness (QED) is 0.704. The minimum absolute atomic E-state index is 0.0489. The van der Waals surface area contributed by atoms with Crippen molar-refractivity contribution in [3.05, 3.63) is 71.7 Å². The molecule has 0 saturated heterocycles. The molecule has 1 N–H and O–H groups in total. The number of aromatic nitrogens is 3. The Hall–Kier alpha value is -3.01. The molecule has 0 bridgehead atoms. The third-order valence-electron chi connectivity index (χ3n) is 3.79. The molecule has 0 aliphatic carbocycles.